The Balaban J connectivity index is 1.71. The summed E-state index contributed by atoms with van der Waals surface area (Å²) in [6, 6.07) is 11.9. The number of rotatable bonds is 5. The lowest BCUT2D eigenvalue weighted by Gasteiger charge is -2.32. The number of likely N-dealkylation sites (tertiary alicyclic amines) is 1. The maximum absolute atomic E-state index is 12.9. The molecule has 1 aliphatic heterocycles. The highest BCUT2D eigenvalue weighted by atomic mass is 19.3. The number of piperidine rings is 1. The fraction of sp³-hybridized carbons (Fsp3) is 0.364. The molecule has 1 saturated heterocycles. The molecule has 1 fully saturated rings. The zero-order valence-electron chi connectivity index (χ0n) is 16.3. The molecule has 0 bridgehead atoms. The van der Waals surface area contributed by atoms with E-state index in [2.05, 4.69) is 27.3 Å². The number of benzene rings is 2. The van der Waals surface area contributed by atoms with Gasteiger partial charge in [-0.25, -0.2) is 8.78 Å². The lowest BCUT2D eigenvalue weighted by atomic mass is 10.0. The molecule has 1 aliphatic rings. The molecule has 0 aliphatic carbocycles. The lowest BCUT2D eigenvalue weighted by Crippen LogP contribution is -2.42. The van der Waals surface area contributed by atoms with Gasteiger partial charge in [-0.05, 0) is 38.1 Å². The molecule has 0 saturated carbocycles. The predicted octanol–water partition coefficient (Wildman–Crippen LogP) is 4.84. The minimum Gasteiger partial charge on any atom is -0.507 e. The molecule has 2 heterocycles. The quantitative estimate of drug-likeness (QED) is 0.644. The van der Waals surface area contributed by atoms with Crippen molar-refractivity contribution < 1.29 is 13.9 Å². The molecular weight excluding hydrogens is 374 g/mol. The van der Waals surface area contributed by atoms with Gasteiger partial charge in [0, 0.05) is 34.5 Å². The highest BCUT2D eigenvalue weighted by Gasteiger charge is 2.21. The highest BCUT2D eigenvalue weighted by molar-refractivity contribution is 6.00. The van der Waals surface area contributed by atoms with Crippen LogP contribution in [-0.2, 0) is 0 Å². The number of anilines is 1. The van der Waals surface area contributed by atoms with Crippen molar-refractivity contribution in [2.24, 2.45) is 0 Å². The molecule has 0 radical (unpaired) electrons. The summed E-state index contributed by atoms with van der Waals surface area (Å²) in [5.41, 5.74) is 0.641. The number of nitrogens with one attached hydrogen (secondary N) is 1. The average Bonchev–Trinajstić information content (AvgIpc) is 2.74. The van der Waals surface area contributed by atoms with Gasteiger partial charge in [-0.3, -0.25) is 0 Å². The van der Waals surface area contributed by atoms with E-state index in [1.807, 2.05) is 24.3 Å². The first-order valence-corrected chi connectivity index (χ1v) is 9.92. The van der Waals surface area contributed by atoms with Crippen LogP contribution in [0, 0.1) is 0 Å². The Bertz CT molecular complexity index is 1010. The van der Waals surface area contributed by atoms with Crippen LogP contribution < -0.4 is 5.32 Å². The number of fused-ring (bicyclic) bond motifs is 1. The van der Waals surface area contributed by atoms with Crippen LogP contribution in [0.4, 0.5) is 14.6 Å². The van der Waals surface area contributed by atoms with E-state index in [0.29, 0.717) is 23.1 Å². The maximum Gasteiger partial charge on any atom is 0.263 e. The minimum absolute atomic E-state index is 0.223. The largest absolute Gasteiger partial charge is 0.507 e. The molecule has 4 rings (SSSR count). The van der Waals surface area contributed by atoms with Crippen molar-refractivity contribution in [2.45, 2.75) is 32.2 Å². The van der Waals surface area contributed by atoms with E-state index in [-0.39, 0.29) is 11.3 Å². The van der Waals surface area contributed by atoms with Gasteiger partial charge in [0.2, 0.25) is 0 Å². The summed E-state index contributed by atoms with van der Waals surface area (Å²) in [5.74, 6) is 0.477. The summed E-state index contributed by atoms with van der Waals surface area (Å²) < 4.78 is 25.8. The molecule has 1 aromatic heterocycles. The molecule has 7 heteroatoms. The van der Waals surface area contributed by atoms with Crippen LogP contribution in [-0.4, -0.2) is 45.9 Å². The van der Waals surface area contributed by atoms with E-state index in [9.17, 15) is 13.9 Å². The van der Waals surface area contributed by atoms with Crippen LogP contribution in [0.15, 0.2) is 42.5 Å². The summed E-state index contributed by atoms with van der Waals surface area (Å²) >= 11 is 0. The van der Waals surface area contributed by atoms with Gasteiger partial charge in [-0.1, -0.05) is 37.3 Å². The number of alkyl halides is 2. The van der Waals surface area contributed by atoms with Gasteiger partial charge in [0.25, 0.3) is 6.43 Å². The van der Waals surface area contributed by atoms with Gasteiger partial charge < -0.3 is 15.3 Å². The molecular formula is C22H24F2N4O. The van der Waals surface area contributed by atoms with Crippen molar-refractivity contribution in [3.8, 4) is 17.0 Å². The van der Waals surface area contributed by atoms with Crippen molar-refractivity contribution in [1.29, 1.82) is 0 Å². The third-order valence-corrected chi connectivity index (χ3v) is 5.51. The number of hydrogen-bond acceptors (Lipinski definition) is 5. The van der Waals surface area contributed by atoms with Crippen LogP contribution >= 0.6 is 0 Å². The molecule has 3 aromatic rings. The number of aromatic nitrogens is 2. The van der Waals surface area contributed by atoms with Crippen LogP contribution in [0.3, 0.4) is 0 Å². The summed E-state index contributed by atoms with van der Waals surface area (Å²) in [6.45, 7) is 5.27. The Morgan fingerprint density at radius 2 is 1.97 bits per heavy atom. The average molecular weight is 398 g/mol. The molecule has 5 nitrogen and oxygen atoms in total. The van der Waals surface area contributed by atoms with Crippen molar-refractivity contribution in [3.05, 3.63) is 48.0 Å². The molecule has 0 amide bonds. The predicted molar refractivity (Wildman–Crippen MR) is 110 cm³/mol. The second-order valence-corrected chi connectivity index (χ2v) is 7.40. The van der Waals surface area contributed by atoms with Gasteiger partial charge in [0.05, 0.1) is 0 Å². The summed E-state index contributed by atoms with van der Waals surface area (Å²) in [4.78, 5) is 2.41. The first-order valence-electron chi connectivity index (χ1n) is 9.92. The standard InChI is InChI=1S/C22H24F2N4O/c1-2-28-11-5-6-15(13-28)25-22-17-8-4-3-7-16(17)20(26-27-22)18-10-9-14(21(23)24)12-19(18)29/h3-4,7-10,12,15,21,29H,2,5-6,11,13H2,1H3,(H,25,27). The van der Waals surface area contributed by atoms with E-state index in [4.69, 9.17) is 0 Å². The fourth-order valence-corrected chi connectivity index (χ4v) is 3.95. The zero-order chi connectivity index (χ0) is 20.4. The van der Waals surface area contributed by atoms with Gasteiger partial charge in [0.15, 0.2) is 5.82 Å². The summed E-state index contributed by atoms with van der Waals surface area (Å²) in [7, 11) is 0. The van der Waals surface area contributed by atoms with E-state index in [0.717, 1.165) is 49.3 Å². The van der Waals surface area contributed by atoms with E-state index in [1.165, 1.54) is 12.1 Å². The van der Waals surface area contributed by atoms with E-state index in [1.54, 1.807) is 0 Å². The number of aromatic hydroxyl groups is 1. The molecule has 2 aromatic carbocycles. The minimum atomic E-state index is -2.64. The number of phenols is 1. The Morgan fingerprint density at radius 3 is 2.69 bits per heavy atom. The van der Waals surface area contributed by atoms with Gasteiger partial charge in [0.1, 0.15) is 11.4 Å². The number of halogens is 2. The van der Waals surface area contributed by atoms with Gasteiger partial charge in [-0.15, -0.1) is 10.2 Å². The third kappa shape index (κ3) is 4.00. The van der Waals surface area contributed by atoms with E-state index >= 15 is 0 Å². The second-order valence-electron chi connectivity index (χ2n) is 7.40. The highest BCUT2D eigenvalue weighted by Crippen LogP contribution is 2.36. The maximum atomic E-state index is 12.9. The first kappa shape index (κ1) is 19.5. The van der Waals surface area contributed by atoms with Crippen LogP contribution in [0.1, 0.15) is 31.8 Å². The SMILES string of the molecule is CCN1CCCC(Nc2nnc(-c3ccc(C(F)F)cc3O)c3ccccc23)C1. The Kier molecular flexibility index (Phi) is 5.58. The van der Waals surface area contributed by atoms with Crippen LogP contribution in [0.2, 0.25) is 0 Å². The zero-order valence-corrected chi connectivity index (χ0v) is 16.3. The van der Waals surface area contributed by atoms with Gasteiger partial charge in [-0.2, -0.15) is 0 Å². The Hall–Kier alpha value is -2.80. The topological polar surface area (TPSA) is 61.3 Å². The monoisotopic (exact) mass is 398 g/mol. The third-order valence-electron chi connectivity index (χ3n) is 5.51. The first-order chi connectivity index (χ1) is 14.1. The summed E-state index contributed by atoms with van der Waals surface area (Å²) in [6.07, 6.45) is -0.425. The normalized spacial score (nSPS) is 17.7. The summed E-state index contributed by atoms with van der Waals surface area (Å²) in [5, 5.41) is 24.3. The van der Waals surface area contributed by atoms with Crippen molar-refractivity contribution >= 4 is 16.6 Å². The molecule has 2 N–H and O–H groups in total. The fourth-order valence-electron chi connectivity index (χ4n) is 3.95. The Labute approximate surface area is 168 Å². The molecule has 1 unspecified atom stereocenters. The van der Waals surface area contributed by atoms with E-state index < -0.39 is 6.43 Å². The number of hydrogen-bond donors (Lipinski definition) is 2. The van der Waals surface area contributed by atoms with Crippen molar-refractivity contribution in [1.82, 2.24) is 15.1 Å². The van der Waals surface area contributed by atoms with Crippen molar-refractivity contribution in [3.63, 3.8) is 0 Å². The smallest absolute Gasteiger partial charge is 0.263 e. The number of phenolic OH excluding ortho intramolecular Hbond substituents is 1. The molecule has 0 spiro atoms. The van der Waals surface area contributed by atoms with Crippen LogP contribution in [0.25, 0.3) is 22.0 Å². The lowest BCUT2D eigenvalue weighted by molar-refractivity contribution is 0.151. The van der Waals surface area contributed by atoms with Crippen LogP contribution in [0.5, 0.6) is 5.75 Å². The van der Waals surface area contributed by atoms with Gasteiger partial charge >= 0.3 is 0 Å². The molecule has 152 valence electrons. The van der Waals surface area contributed by atoms with Crippen molar-refractivity contribution in [2.75, 3.05) is 25.0 Å². The molecule has 1 atom stereocenters. The Morgan fingerprint density at radius 1 is 1.17 bits per heavy atom. The molecule has 29 heavy (non-hydrogen) atoms. The number of nitrogens with zero attached hydrogens (tertiary/aromatic N) is 3. The second kappa shape index (κ2) is 8.29. The number of likely N-dealkylation sites (N-methyl/N-ethyl adjacent to an activating group) is 1.